The Hall–Kier alpha value is -2.26. The highest BCUT2D eigenvalue weighted by Crippen LogP contribution is 2.64. The third-order valence-electron chi connectivity index (χ3n) is 7.70. The van der Waals surface area contributed by atoms with Gasteiger partial charge in [0.25, 0.3) is 0 Å². The first-order valence-electron chi connectivity index (χ1n) is 11.2. The molecule has 10 heteroatoms. The fourth-order valence-electron chi connectivity index (χ4n) is 6.82. The molecular weight excluding hydrogens is 511 g/mol. The first kappa shape index (κ1) is 21.3. The number of nitrogens with one attached hydrogen (secondary N) is 1. The molecule has 4 fully saturated rings. The van der Waals surface area contributed by atoms with E-state index in [1.165, 1.54) is 12.5 Å². The fourth-order valence-corrected chi connectivity index (χ4v) is 7.28. The van der Waals surface area contributed by atoms with Gasteiger partial charge in [0, 0.05) is 11.8 Å². The van der Waals surface area contributed by atoms with Gasteiger partial charge in [-0.25, -0.2) is 14.1 Å². The maximum Gasteiger partial charge on any atom is 0.231 e. The van der Waals surface area contributed by atoms with E-state index in [9.17, 15) is 9.18 Å². The van der Waals surface area contributed by atoms with Crippen molar-refractivity contribution in [3.63, 3.8) is 0 Å². The summed E-state index contributed by atoms with van der Waals surface area (Å²) in [6.45, 7) is 0.238. The summed E-state index contributed by atoms with van der Waals surface area (Å²) in [5.74, 6) is 0.987. The summed E-state index contributed by atoms with van der Waals surface area (Å²) in [5, 5.41) is 12.4. The largest absolute Gasteiger partial charge is 0.307 e. The Bertz CT molecular complexity index is 1230. The van der Waals surface area contributed by atoms with Gasteiger partial charge in [-0.15, -0.1) is 5.10 Å². The number of rotatable bonds is 5. The summed E-state index contributed by atoms with van der Waals surface area (Å²) < 4.78 is 18.1. The van der Waals surface area contributed by atoms with E-state index in [0.29, 0.717) is 33.0 Å². The smallest absolute Gasteiger partial charge is 0.231 e. The zero-order valence-electron chi connectivity index (χ0n) is 17.8. The van der Waals surface area contributed by atoms with E-state index in [2.05, 4.69) is 36.4 Å². The predicted molar refractivity (Wildman–Crippen MR) is 124 cm³/mol. The number of hydrogen-bond donors (Lipinski definition) is 1. The van der Waals surface area contributed by atoms with Crippen LogP contribution in [0.2, 0.25) is 5.02 Å². The van der Waals surface area contributed by atoms with Crippen molar-refractivity contribution >= 4 is 39.3 Å². The Labute approximate surface area is 203 Å². The lowest BCUT2D eigenvalue weighted by atomic mass is 9.46. The Morgan fingerprint density at radius 3 is 2.67 bits per heavy atom. The summed E-state index contributed by atoms with van der Waals surface area (Å²) in [4.78, 5) is 18.0. The van der Waals surface area contributed by atoms with Crippen LogP contribution in [0, 0.1) is 23.1 Å². The minimum absolute atomic E-state index is 0.0294. The monoisotopic (exact) mass is 532 g/mol. The molecule has 1 amide bonds. The van der Waals surface area contributed by atoms with Crippen LogP contribution in [0.3, 0.4) is 0 Å². The normalized spacial score (nSPS) is 30.0. The van der Waals surface area contributed by atoms with Crippen molar-refractivity contribution in [1.29, 1.82) is 0 Å². The van der Waals surface area contributed by atoms with Crippen molar-refractivity contribution in [3.8, 4) is 0 Å². The average molecular weight is 534 g/mol. The highest BCUT2D eigenvalue weighted by atomic mass is 79.9. The van der Waals surface area contributed by atoms with Crippen molar-refractivity contribution in [2.24, 2.45) is 17.3 Å². The van der Waals surface area contributed by atoms with E-state index < -0.39 is 5.41 Å². The van der Waals surface area contributed by atoms with E-state index in [-0.39, 0.29) is 23.8 Å². The van der Waals surface area contributed by atoms with Gasteiger partial charge in [-0.1, -0.05) is 29.8 Å². The molecule has 4 aliphatic carbocycles. The Kier molecular flexibility index (Phi) is 4.92. The van der Waals surface area contributed by atoms with Crippen LogP contribution in [-0.2, 0) is 16.9 Å². The van der Waals surface area contributed by atoms with E-state index in [4.69, 9.17) is 11.6 Å². The van der Waals surface area contributed by atoms with Crippen molar-refractivity contribution in [1.82, 2.24) is 24.5 Å². The number of nitrogens with zero attached hydrogens (tertiary/aromatic N) is 5. The van der Waals surface area contributed by atoms with Crippen LogP contribution >= 0.6 is 27.5 Å². The maximum atomic E-state index is 14.0. The van der Waals surface area contributed by atoms with E-state index in [1.54, 1.807) is 35.4 Å². The molecule has 7 rings (SSSR count). The van der Waals surface area contributed by atoms with Gasteiger partial charge in [0.1, 0.15) is 17.2 Å². The Balaban J connectivity index is 1.25. The summed E-state index contributed by atoms with van der Waals surface area (Å²) in [7, 11) is 0. The topological polar surface area (TPSA) is 77.6 Å². The predicted octanol–water partition coefficient (Wildman–Crippen LogP) is 5.01. The van der Waals surface area contributed by atoms with Crippen LogP contribution in [0.5, 0.6) is 0 Å². The van der Waals surface area contributed by atoms with Gasteiger partial charge in [0.15, 0.2) is 5.82 Å². The zero-order valence-corrected chi connectivity index (χ0v) is 20.2. The minimum Gasteiger partial charge on any atom is -0.307 e. The second-order valence-corrected chi connectivity index (χ2v) is 11.1. The van der Waals surface area contributed by atoms with Gasteiger partial charge in [-0.05, 0) is 72.4 Å². The first-order valence-corrected chi connectivity index (χ1v) is 12.4. The van der Waals surface area contributed by atoms with Crippen LogP contribution in [0.25, 0.3) is 0 Å². The fraction of sp³-hybridized carbons (Fsp3) is 0.478. The van der Waals surface area contributed by atoms with Crippen LogP contribution in [0.1, 0.15) is 44.1 Å². The number of aromatic nitrogens is 5. The molecule has 4 aliphatic rings. The van der Waals surface area contributed by atoms with E-state index >= 15 is 0 Å². The molecule has 0 radical (unpaired) electrons. The van der Waals surface area contributed by atoms with Crippen LogP contribution in [0.15, 0.2) is 41.5 Å². The summed E-state index contributed by atoms with van der Waals surface area (Å²) in [5.41, 5.74) is -0.133. The molecule has 2 unspecified atom stereocenters. The average Bonchev–Trinajstić information content (AvgIpc) is 3.35. The Morgan fingerprint density at radius 2 is 1.97 bits per heavy atom. The molecule has 0 saturated heterocycles. The maximum absolute atomic E-state index is 14.0. The van der Waals surface area contributed by atoms with E-state index in [1.807, 2.05) is 4.68 Å². The third kappa shape index (κ3) is 3.60. The highest BCUT2D eigenvalue weighted by molar-refractivity contribution is 9.10. The van der Waals surface area contributed by atoms with Crippen LogP contribution in [0.4, 0.5) is 10.2 Å². The second-order valence-electron chi connectivity index (χ2n) is 9.99. The molecule has 2 heterocycles. The number of carbonyl (C=O) groups is 1. The molecule has 1 N–H and O–H groups in total. The van der Waals surface area contributed by atoms with Gasteiger partial charge in [0.05, 0.1) is 17.5 Å². The first-order chi connectivity index (χ1) is 15.8. The highest BCUT2D eigenvalue weighted by Gasteiger charge is 2.61. The molecule has 4 bridgehead atoms. The number of benzene rings is 1. The number of carbonyl (C=O) groups excluding carboxylic acids is 1. The third-order valence-corrected chi connectivity index (χ3v) is 8.34. The lowest BCUT2D eigenvalue weighted by molar-refractivity contribution is -0.150. The summed E-state index contributed by atoms with van der Waals surface area (Å²) in [6.07, 6.45) is 9.13. The Morgan fingerprint density at radius 1 is 1.21 bits per heavy atom. The SMILES string of the molecule is O=C(Nc1nn(Cc2ccccc2F)cc1Cl)C12CC3CC(C1)CC(n1cnc(Br)n1)(C3)C2. The van der Waals surface area contributed by atoms with Gasteiger partial charge in [-0.3, -0.25) is 9.48 Å². The number of hydrogen-bond acceptors (Lipinski definition) is 4. The van der Waals surface area contributed by atoms with Crippen molar-refractivity contribution in [2.75, 3.05) is 5.32 Å². The zero-order chi connectivity index (χ0) is 22.8. The van der Waals surface area contributed by atoms with Gasteiger partial charge >= 0.3 is 0 Å². The van der Waals surface area contributed by atoms with E-state index in [0.717, 1.165) is 32.1 Å². The molecule has 0 aliphatic heterocycles. The standard InChI is InChI=1S/C23H23BrClFN6O/c24-21-27-13-32(30-21)23-8-14-5-15(9-23)7-22(6-14,12-23)20(33)28-19-17(25)11-31(29-19)10-16-3-1-2-4-18(16)26/h1-4,11,13-15H,5-10,12H2,(H,28,29,33). The van der Waals surface area contributed by atoms with Crippen molar-refractivity contribution in [3.05, 3.63) is 57.9 Å². The van der Waals surface area contributed by atoms with Gasteiger partial charge in [0.2, 0.25) is 10.6 Å². The molecule has 1 aromatic carbocycles. The van der Waals surface area contributed by atoms with Crippen molar-refractivity contribution < 1.29 is 9.18 Å². The van der Waals surface area contributed by atoms with Crippen LogP contribution < -0.4 is 5.32 Å². The molecule has 3 aromatic rings. The van der Waals surface area contributed by atoms with Gasteiger partial charge < -0.3 is 5.32 Å². The minimum atomic E-state index is -0.471. The lowest BCUT2D eigenvalue weighted by Crippen LogP contribution is -2.60. The van der Waals surface area contributed by atoms with Gasteiger partial charge in [-0.2, -0.15) is 5.10 Å². The molecular formula is C23H23BrClFN6O. The molecule has 4 saturated carbocycles. The second kappa shape index (κ2) is 7.63. The number of anilines is 1. The molecule has 2 aromatic heterocycles. The lowest BCUT2D eigenvalue weighted by Gasteiger charge is -2.60. The van der Waals surface area contributed by atoms with Crippen LogP contribution in [-0.4, -0.2) is 30.5 Å². The molecule has 172 valence electrons. The summed E-state index contributed by atoms with van der Waals surface area (Å²) >= 11 is 9.77. The summed E-state index contributed by atoms with van der Waals surface area (Å²) in [6, 6.07) is 6.56. The molecule has 33 heavy (non-hydrogen) atoms. The number of halogens is 3. The quantitative estimate of drug-likeness (QED) is 0.500. The molecule has 7 nitrogen and oxygen atoms in total. The van der Waals surface area contributed by atoms with Crippen molar-refractivity contribution in [2.45, 2.75) is 50.6 Å². The molecule has 2 atom stereocenters. The number of amides is 1. The molecule has 0 spiro atoms.